The number of hydrogen-bond acceptors (Lipinski definition) is 0. The van der Waals surface area contributed by atoms with Gasteiger partial charge in [0.15, 0.2) is 0 Å². The van der Waals surface area contributed by atoms with E-state index in [9.17, 15) is 0 Å². The van der Waals surface area contributed by atoms with Crippen molar-refractivity contribution in [2.45, 2.75) is 64.2 Å². The van der Waals surface area contributed by atoms with Crippen LogP contribution in [-0.4, -0.2) is 0 Å². The molecule has 2 fully saturated rings. The van der Waals surface area contributed by atoms with E-state index in [0.717, 1.165) is 0 Å². The van der Waals surface area contributed by atoms with E-state index in [2.05, 4.69) is 0 Å². The molecular weight excluding hydrogens is 282 g/mol. The third-order valence-corrected chi connectivity index (χ3v) is 2.50. The van der Waals surface area contributed by atoms with Gasteiger partial charge in [-0.3, -0.25) is 0 Å². The van der Waals surface area contributed by atoms with Crippen LogP contribution in [0, 0.1) is 0 Å². The molecule has 0 N–H and O–H groups in total. The average Bonchev–Trinajstić information content (AvgIpc) is 2.85. The monoisotopic (exact) mass is 300 g/mol. The van der Waals surface area contributed by atoms with E-state index in [1.54, 1.807) is 0 Å². The van der Waals surface area contributed by atoms with Crippen molar-refractivity contribution in [1.29, 1.82) is 0 Å². The molecule has 0 aromatic rings. The first-order chi connectivity index (χ1) is 6.41. The van der Waals surface area contributed by atoms with E-state index < -0.39 is 20.8 Å². The van der Waals surface area contributed by atoms with Gasteiger partial charge < -0.3 is 0 Å². The minimum atomic E-state index is -0.826. The first-order valence-electron chi connectivity index (χ1n) is 5.38. The van der Waals surface area contributed by atoms with Crippen LogP contribution < -0.4 is 0 Å². The van der Waals surface area contributed by atoms with Crippen LogP contribution in [-0.2, 0) is 20.8 Å². The maximum atomic E-state index is 4.93. The van der Waals surface area contributed by atoms with Crippen molar-refractivity contribution in [3.05, 3.63) is 0 Å². The molecule has 3 heteroatoms. The van der Waals surface area contributed by atoms with Gasteiger partial charge in [0.1, 0.15) is 0 Å². The molecule has 0 heterocycles. The molecule has 2 saturated carbocycles. The zero-order chi connectivity index (χ0) is 9.78. The average molecular weight is 302 g/mol. The zero-order valence-electron chi connectivity index (χ0n) is 8.33. The fraction of sp³-hybridized carbons (Fsp3) is 1.00. The molecule has 0 saturated heterocycles. The van der Waals surface area contributed by atoms with Gasteiger partial charge >= 0.3 is 37.9 Å². The first kappa shape index (κ1) is 14.5. The number of hydrogen-bond donors (Lipinski definition) is 0. The minimum absolute atomic E-state index is 0.826. The van der Waals surface area contributed by atoms with Gasteiger partial charge in [0, 0.05) is 0 Å². The number of rotatable bonds is 0. The molecule has 0 amide bonds. The van der Waals surface area contributed by atoms with Gasteiger partial charge in [0.05, 0.1) is 0 Å². The Morgan fingerprint density at radius 3 is 0.615 bits per heavy atom. The second-order valence-electron chi connectivity index (χ2n) is 3.61. The fourth-order valence-electron chi connectivity index (χ4n) is 1.77. The Kier molecular flexibility index (Phi) is 15.0. The summed E-state index contributed by atoms with van der Waals surface area (Å²) in [5, 5.41) is 0. The van der Waals surface area contributed by atoms with Crippen LogP contribution in [0.4, 0.5) is 0 Å². The summed E-state index contributed by atoms with van der Waals surface area (Å²) in [6.45, 7) is 0. The number of halogens is 2. The van der Waals surface area contributed by atoms with Gasteiger partial charge in [0.2, 0.25) is 0 Å². The van der Waals surface area contributed by atoms with Gasteiger partial charge in [-0.1, -0.05) is 64.2 Å². The fourth-order valence-corrected chi connectivity index (χ4v) is 1.77. The topological polar surface area (TPSA) is 0 Å². The summed E-state index contributed by atoms with van der Waals surface area (Å²) in [5.41, 5.74) is 0. The summed E-state index contributed by atoms with van der Waals surface area (Å²) in [4.78, 5) is 0. The first-order valence-corrected chi connectivity index (χ1v) is 11.7. The van der Waals surface area contributed by atoms with Crippen LogP contribution in [0.1, 0.15) is 64.2 Å². The molecule has 0 spiro atoms. The second kappa shape index (κ2) is 13.5. The van der Waals surface area contributed by atoms with E-state index >= 15 is 0 Å². The summed E-state index contributed by atoms with van der Waals surface area (Å²) in [6.07, 6.45) is 15.0. The molecule has 0 bridgehead atoms. The van der Waals surface area contributed by atoms with Crippen LogP contribution in [0.5, 0.6) is 0 Å². The molecule has 0 aromatic heterocycles. The van der Waals surface area contributed by atoms with E-state index in [1.807, 2.05) is 0 Å². The zero-order valence-corrected chi connectivity index (χ0v) is 12.3. The van der Waals surface area contributed by atoms with Crippen molar-refractivity contribution >= 4 is 17.0 Å². The van der Waals surface area contributed by atoms with Crippen LogP contribution in [0.15, 0.2) is 0 Å². The summed E-state index contributed by atoms with van der Waals surface area (Å²) < 4.78 is 0. The summed E-state index contributed by atoms with van der Waals surface area (Å²) in [6, 6.07) is 0. The van der Waals surface area contributed by atoms with Crippen molar-refractivity contribution in [3.8, 4) is 0 Å². The predicted molar refractivity (Wildman–Crippen MR) is 57.9 cm³/mol. The standard InChI is InChI=1S/2C5H10.2ClH.Zr/c2*1-2-4-5-3-1;;;/h2*1-5H2;2*1H;/q;;;;+2/p-2. The summed E-state index contributed by atoms with van der Waals surface area (Å²) in [7, 11) is 9.87. The van der Waals surface area contributed by atoms with Gasteiger partial charge in [-0.2, -0.15) is 0 Å². The van der Waals surface area contributed by atoms with Crippen LogP contribution >= 0.6 is 17.0 Å². The molecule has 0 atom stereocenters. The Hall–Kier alpha value is 1.46. The van der Waals surface area contributed by atoms with Crippen molar-refractivity contribution < 1.29 is 20.8 Å². The Morgan fingerprint density at radius 1 is 0.462 bits per heavy atom. The Bertz CT molecular complexity index is 55.8. The molecule has 78 valence electrons. The maximum absolute atomic E-state index is 4.93. The Labute approximate surface area is 101 Å². The molecular formula is C10H20Cl2Zr. The van der Waals surface area contributed by atoms with Crippen molar-refractivity contribution in [3.63, 3.8) is 0 Å². The molecule has 0 unspecified atom stereocenters. The molecule has 0 radical (unpaired) electrons. The van der Waals surface area contributed by atoms with E-state index in [4.69, 9.17) is 17.0 Å². The third-order valence-electron chi connectivity index (χ3n) is 2.50. The van der Waals surface area contributed by atoms with Crippen molar-refractivity contribution in [2.24, 2.45) is 0 Å². The van der Waals surface area contributed by atoms with Crippen molar-refractivity contribution in [2.75, 3.05) is 0 Å². The quantitative estimate of drug-likeness (QED) is 0.571. The molecule has 2 aliphatic carbocycles. The molecule has 2 rings (SSSR count). The van der Waals surface area contributed by atoms with E-state index in [0.29, 0.717) is 0 Å². The van der Waals surface area contributed by atoms with Crippen molar-refractivity contribution in [1.82, 2.24) is 0 Å². The molecule has 0 aliphatic heterocycles. The van der Waals surface area contributed by atoms with Crippen LogP contribution in [0.2, 0.25) is 0 Å². The van der Waals surface area contributed by atoms with E-state index in [1.165, 1.54) is 64.2 Å². The van der Waals surface area contributed by atoms with Crippen LogP contribution in [0.3, 0.4) is 0 Å². The SMILES string of the molecule is C1CCCC1.C1CCCC1.[Cl][Zr][Cl]. The normalized spacial score (nSPS) is 19.5. The molecule has 0 nitrogen and oxygen atoms in total. The van der Waals surface area contributed by atoms with Gasteiger partial charge in [-0.25, -0.2) is 0 Å². The van der Waals surface area contributed by atoms with Gasteiger partial charge in [-0.15, -0.1) is 0 Å². The van der Waals surface area contributed by atoms with E-state index in [-0.39, 0.29) is 0 Å². The molecule has 13 heavy (non-hydrogen) atoms. The van der Waals surface area contributed by atoms with Crippen LogP contribution in [0.25, 0.3) is 0 Å². The predicted octanol–water partition coefficient (Wildman–Crippen LogP) is 5.28. The third kappa shape index (κ3) is 13.5. The summed E-state index contributed by atoms with van der Waals surface area (Å²) in [5.74, 6) is 0. The van der Waals surface area contributed by atoms with Gasteiger partial charge in [0.25, 0.3) is 0 Å². The molecule has 0 aromatic carbocycles. The summed E-state index contributed by atoms with van der Waals surface area (Å²) >= 11 is -0.826. The Balaban J connectivity index is 0.000000174. The van der Waals surface area contributed by atoms with Gasteiger partial charge in [-0.05, 0) is 0 Å². The molecule has 2 aliphatic rings. The second-order valence-corrected chi connectivity index (χ2v) is 7.34. The Morgan fingerprint density at radius 2 is 0.538 bits per heavy atom.